The van der Waals surface area contributed by atoms with Gasteiger partial charge in [-0.15, -0.1) is 0 Å². The molecule has 1 fully saturated rings. The minimum absolute atomic E-state index is 0.432. The highest BCUT2D eigenvalue weighted by atomic mass is 16.5. The van der Waals surface area contributed by atoms with Gasteiger partial charge in [0.15, 0.2) is 0 Å². The molecule has 2 rings (SSSR count). The van der Waals surface area contributed by atoms with Gasteiger partial charge in [-0.3, -0.25) is 9.58 Å². The second-order valence-electron chi connectivity index (χ2n) is 3.86. The third kappa shape index (κ3) is 3.05. The Kier molecular flexibility index (Phi) is 3.95. The van der Waals surface area contributed by atoms with Crippen LogP contribution in [0, 0.1) is 0 Å². The Hall–Kier alpha value is -0.885. The molecule has 16 heavy (non-hydrogen) atoms. The fourth-order valence-electron chi connectivity index (χ4n) is 1.70. The predicted octanol–water partition coefficient (Wildman–Crippen LogP) is -2.10. The van der Waals surface area contributed by atoms with E-state index in [0.717, 1.165) is 39.4 Å². The lowest BCUT2D eigenvalue weighted by Gasteiger charge is -2.26. The van der Waals surface area contributed by atoms with Crippen molar-refractivity contribution < 1.29 is 14.8 Å². The fourth-order valence-corrected chi connectivity index (χ4v) is 1.70. The van der Waals surface area contributed by atoms with Crippen LogP contribution >= 0.6 is 0 Å². The van der Waals surface area contributed by atoms with Crippen LogP contribution in [0.4, 0.5) is 0 Å². The van der Waals surface area contributed by atoms with E-state index in [4.69, 9.17) is 14.8 Å². The van der Waals surface area contributed by atoms with Gasteiger partial charge in [-0.2, -0.15) is 5.10 Å². The van der Waals surface area contributed by atoms with E-state index in [1.807, 2.05) is 0 Å². The number of hydrogen-bond donors (Lipinski definition) is 2. The van der Waals surface area contributed by atoms with Crippen LogP contribution < -0.4 is 5.46 Å². The number of hydrogen-bond acceptors (Lipinski definition) is 5. The zero-order valence-corrected chi connectivity index (χ0v) is 9.12. The number of ether oxygens (including phenoxy) is 1. The van der Waals surface area contributed by atoms with E-state index in [0.29, 0.717) is 5.46 Å². The van der Waals surface area contributed by atoms with E-state index in [2.05, 4.69) is 10.00 Å². The molecule has 0 bridgehead atoms. The Bertz CT molecular complexity index is 326. The van der Waals surface area contributed by atoms with Crippen molar-refractivity contribution in [1.82, 2.24) is 14.7 Å². The Morgan fingerprint density at radius 2 is 2.06 bits per heavy atom. The molecule has 7 heteroatoms. The first-order valence-electron chi connectivity index (χ1n) is 5.44. The molecule has 1 saturated heterocycles. The zero-order valence-electron chi connectivity index (χ0n) is 9.12. The fraction of sp³-hybridized carbons (Fsp3) is 0.667. The highest BCUT2D eigenvalue weighted by Crippen LogP contribution is 1.97. The van der Waals surface area contributed by atoms with E-state index in [-0.39, 0.29) is 0 Å². The Labute approximate surface area is 94.6 Å². The average molecular weight is 225 g/mol. The van der Waals surface area contributed by atoms with Crippen LogP contribution in [-0.2, 0) is 11.3 Å². The second-order valence-corrected chi connectivity index (χ2v) is 3.86. The lowest BCUT2D eigenvalue weighted by atomic mass is 9.83. The second kappa shape index (κ2) is 5.45. The monoisotopic (exact) mass is 225 g/mol. The topological polar surface area (TPSA) is 70.8 Å². The summed E-state index contributed by atoms with van der Waals surface area (Å²) in [7, 11) is -1.43. The first-order chi connectivity index (χ1) is 7.75. The van der Waals surface area contributed by atoms with Crippen molar-refractivity contribution in [2.75, 3.05) is 32.8 Å². The lowest BCUT2D eigenvalue weighted by molar-refractivity contribution is 0.0360. The largest absolute Gasteiger partial charge is 0.491 e. The van der Waals surface area contributed by atoms with Gasteiger partial charge in [0.25, 0.3) is 0 Å². The highest BCUT2D eigenvalue weighted by Gasteiger charge is 2.14. The summed E-state index contributed by atoms with van der Waals surface area (Å²) < 4.78 is 6.98. The minimum atomic E-state index is -1.43. The summed E-state index contributed by atoms with van der Waals surface area (Å²) in [6.07, 6.45) is 3.13. The molecule has 0 radical (unpaired) electrons. The maximum atomic E-state index is 8.93. The molecule has 0 amide bonds. The summed E-state index contributed by atoms with van der Waals surface area (Å²) in [5, 5.41) is 21.9. The molecule has 0 spiro atoms. The first kappa shape index (κ1) is 11.6. The Balaban J connectivity index is 1.79. The molecule has 6 nitrogen and oxygen atoms in total. The van der Waals surface area contributed by atoms with Gasteiger partial charge < -0.3 is 14.8 Å². The molecule has 0 atom stereocenters. The average Bonchev–Trinajstić information content (AvgIpc) is 2.76. The van der Waals surface area contributed by atoms with Crippen molar-refractivity contribution in [3.8, 4) is 0 Å². The predicted molar refractivity (Wildman–Crippen MR) is 59.3 cm³/mol. The molecule has 0 aliphatic carbocycles. The summed E-state index contributed by atoms with van der Waals surface area (Å²) in [6.45, 7) is 5.16. The van der Waals surface area contributed by atoms with Crippen LogP contribution in [0.5, 0.6) is 0 Å². The molecule has 1 aliphatic heterocycles. The molecular weight excluding hydrogens is 209 g/mol. The maximum absolute atomic E-state index is 8.93. The van der Waals surface area contributed by atoms with Gasteiger partial charge in [0, 0.05) is 37.5 Å². The van der Waals surface area contributed by atoms with E-state index < -0.39 is 7.12 Å². The Morgan fingerprint density at radius 3 is 2.69 bits per heavy atom. The summed E-state index contributed by atoms with van der Waals surface area (Å²) in [5.74, 6) is 0. The van der Waals surface area contributed by atoms with Gasteiger partial charge in [0.2, 0.25) is 0 Å². The lowest BCUT2D eigenvalue weighted by Crippen LogP contribution is -2.38. The SMILES string of the molecule is OB(O)c1cnn(CCN2CCOCC2)c1. The van der Waals surface area contributed by atoms with Crippen molar-refractivity contribution in [3.63, 3.8) is 0 Å². The standard InChI is InChI=1S/C9H16BN3O3/c14-10(15)9-7-11-13(8-9)2-1-12-3-5-16-6-4-12/h7-8,14-15H,1-6H2. The van der Waals surface area contributed by atoms with Crippen molar-refractivity contribution >= 4 is 12.6 Å². The molecule has 2 heterocycles. The number of nitrogens with zero attached hydrogens (tertiary/aromatic N) is 3. The minimum Gasteiger partial charge on any atom is -0.423 e. The van der Waals surface area contributed by atoms with Crippen molar-refractivity contribution in [2.45, 2.75) is 6.54 Å². The number of aromatic nitrogens is 2. The summed E-state index contributed by atoms with van der Waals surface area (Å²) in [4.78, 5) is 2.31. The van der Waals surface area contributed by atoms with Gasteiger partial charge in [-0.1, -0.05) is 0 Å². The van der Waals surface area contributed by atoms with Crippen LogP contribution in [0.15, 0.2) is 12.4 Å². The van der Waals surface area contributed by atoms with Crippen LogP contribution in [0.1, 0.15) is 0 Å². The molecule has 1 aliphatic rings. The van der Waals surface area contributed by atoms with E-state index in [1.54, 1.807) is 10.9 Å². The van der Waals surface area contributed by atoms with Gasteiger partial charge in [0.05, 0.1) is 19.8 Å². The maximum Gasteiger partial charge on any atom is 0.491 e. The van der Waals surface area contributed by atoms with Crippen molar-refractivity contribution in [2.24, 2.45) is 0 Å². The van der Waals surface area contributed by atoms with E-state index >= 15 is 0 Å². The molecule has 0 saturated carbocycles. The summed E-state index contributed by atoms with van der Waals surface area (Å²) >= 11 is 0. The summed E-state index contributed by atoms with van der Waals surface area (Å²) in [5.41, 5.74) is 0.432. The van der Waals surface area contributed by atoms with Crippen LogP contribution in [0.25, 0.3) is 0 Å². The number of morpholine rings is 1. The van der Waals surface area contributed by atoms with Crippen LogP contribution in [-0.4, -0.2) is 64.7 Å². The molecule has 2 N–H and O–H groups in total. The third-order valence-electron chi connectivity index (χ3n) is 2.70. The zero-order chi connectivity index (χ0) is 11.4. The van der Waals surface area contributed by atoms with Gasteiger partial charge in [-0.25, -0.2) is 0 Å². The smallest absolute Gasteiger partial charge is 0.423 e. The molecule has 0 unspecified atom stereocenters. The van der Waals surface area contributed by atoms with E-state index in [1.165, 1.54) is 6.20 Å². The summed E-state index contributed by atoms with van der Waals surface area (Å²) in [6, 6.07) is 0. The Morgan fingerprint density at radius 1 is 1.31 bits per heavy atom. The molecule has 0 aromatic carbocycles. The van der Waals surface area contributed by atoms with Gasteiger partial charge in [-0.05, 0) is 0 Å². The molecular formula is C9H16BN3O3. The normalized spacial score (nSPS) is 17.6. The molecule has 1 aromatic heterocycles. The van der Waals surface area contributed by atoms with Crippen LogP contribution in [0.3, 0.4) is 0 Å². The van der Waals surface area contributed by atoms with Crippen molar-refractivity contribution in [1.29, 1.82) is 0 Å². The third-order valence-corrected chi connectivity index (χ3v) is 2.70. The van der Waals surface area contributed by atoms with Gasteiger partial charge >= 0.3 is 7.12 Å². The van der Waals surface area contributed by atoms with Crippen LogP contribution in [0.2, 0.25) is 0 Å². The number of rotatable bonds is 4. The quantitative estimate of drug-likeness (QED) is 0.574. The van der Waals surface area contributed by atoms with E-state index in [9.17, 15) is 0 Å². The van der Waals surface area contributed by atoms with Crippen molar-refractivity contribution in [3.05, 3.63) is 12.4 Å². The highest BCUT2D eigenvalue weighted by molar-refractivity contribution is 6.58. The molecule has 88 valence electrons. The molecule has 1 aromatic rings. The first-order valence-corrected chi connectivity index (χ1v) is 5.44. The van der Waals surface area contributed by atoms with Gasteiger partial charge in [0.1, 0.15) is 0 Å².